The summed E-state index contributed by atoms with van der Waals surface area (Å²) in [6.45, 7) is -2.38. The maximum Gasteiger partial charge on any atom is 0.387 e. The van der Waals surface area contributed by atoms with Crippen molar-refractivity contribution in [2.45, 2.75) is 25.5 Å². The number of amides is 1. The third-order valence-electron chi connectivity index (χ3n) is 4.93. The number of methoxy groups -OCH3 is 3. The van der Waals surface area contributed by atoms with Crippen molar-refractivity contribution in [2.75, 3.05) is 27.9 Å². The summed E-state index contributed by atoms with van der Waals surface area (Å²) in [6, 6.07) is 9.68. The molecule has 8 heteroatoms. The minimum Gasteiger partial charge on any atom is -0.493 e. The van der Waals surface area contributed by atoms with Crippen LogP contribution in [0.15, 0.2) is 36.4 Å². The van der Waals surface area contributed by atoms with Crippen molar-refractivity contribution in [1.82, 2.24) is 4.90 Å². The van der Waals surface area contributed by atoms with Gasteiger partial charge in [0.1, 0.15) is 0 Å². The fourth-order valence-corrected chi connectivity index (χ4v) is 3.58. The van der Waals surface area contributed by atoms with Gasteiger partial charge in [-0.05, 0) is 48.7 Å². The number of carbonyl (C=O) groups excluding carboxylic acids is 1. The Morgan fingerprint density at radius 3 is 2.28 bits per heavy atom. The lowest BCUT2D eigenvalue weighted by molar-refractivity contribution is -0.0512. The zero-order valence-corrected chi connectivity index (χ0v) is 16.5. The van der Waals surface area contributed by atoms with Crippen LogP contribution in [0.1, 0.15) is 34.8 Å². The molecule has 6 nitrogen and oxygen atoms in total. The molecule has 1 aliphatic heterocycles. The average Bonchev–Trinajstić information content (AvgIpc) is 3.22. The first-order valence-corrected chi connectivity index (χ1v) is 9.14. The molecule has 1 heterocycles. The van der Waals surface area contributed by atoms with Crippen LogP contribution in [-0.2, 0) is 0 Å². The van der Waals surface area contributed by atoms with Crippen molar-refractivity contribution in [3.8, 4) is 23.0 Å². The van der Waals surface area contributed by atoms with Gasteiger partial charge < -0.3 is 23.8 Å². The lowest BCUT2D eigenvalue weighted by Crippen LogP contribution is -2.30. The Morgan fingerprint density at radius 2 is 1.62 bits per heavy atom. The average molecular weight is 407 g/mol. The molecule has 1 aliphatic rings. The standard InChI is InChI=1S/C21H23F2NO5/c1-26-16-8-6-13(11-18(16)27-2)15-5-4-10-24(15)20(25)14-7-9-17(29-21(22)23)19(12-14)28-3/h6-9,11-12,15,21H,4-5,10H2,1-3H3/t15-/m0/s1. The SMILES string of the molecule is COc1ccc([C@@H]2CCCN2C(=O)c2ccc(OC(F)F)c(OC)c2)cc1OC. The van der Waals surface area contributed by atoms with E-state index in [2.05, 4.69) is 4.74 Å². The molecule has 1 atom stereocenters. The van der Waals surface area contributed by atoms with E-state index < -0.39 is 6.61 Å². The molecule has 29 heavy (non-hydrogen) atoms. The highest BCUT2D eigenvalue weighted by Crippen LogP contribution is 2.38. The lowest BCUT2D eigenvalue weighted by Gasteiger charge is -2.26. The molecule has 0 N–H and O–H groups in total. The fourth-order valence-electron chi connectivity index (χ4n) is 3.58. The van der Waals surface area contributed by atoms with E-state index in [-0.39, 0.29) is 23.4 Å². The first-order chi connectivity index (χ1) is 14.0. The van der Waals surface area contributed by atoms with Crippen molar-refractivity contribution in [3.05, 3.63) is 47.5 Å². The quantitative estimate of drug-likeness (QED) is 0.685. The molecule has 0 aromatic heterocycles. The van der Waals surface area contributed by atoms with Gasteiger partial charge in [-0.15, -0.1) is 0 Å². The number of rotatable bonds is 7. The Balaban J connectivity index is 1.87. The molecule has 1 amide bonds. The van der Waals surface area contributed by atoms with Crippen molar-refractivity contribution < 1.29 is 32.5 Å². The fraction of sp³-hybridized carbons (Fsp3) is 0.381. The van der Waals surface area contributed by atoms with E-state index in [0.717, 1.165) is 18.4 Å². The zero-order valence-electron chi connectivity index (χ0n) is 16.5. The molecule has 0 saturated carbocycles. The molecule has 1 fully saturated rings. The maximum atomic E-state index is 13.1. The van der Waals surface area contributed by atoms with Crippen LogP contribution >= 0.6 is 0 Å². The van der Waals surface area contributed by atoms with Crippen LogP contribution in [0.3, 0.4) is 0 Å². The summed E-state index contributed by atoms with van der Waals surface area (Å²) >= 11 is 0. The molecular weight excluding hydrogens is 384 g/mol. The summed E-state index contributed by atoms with van der Waals surface area (Å²) in [5, 5.41) is 0. The van der Waals surface area contributed by atoms with Crippen LogP contribution in [0.25, 0.3) is 0 Å². The number of halogens is 2. The van der Waals surface area contributed by atoms with Crippen molar-refractivity contribution in [2.24, 2.45) is 0 Å². The van der Waals surface area contributed by atoms with Crippen LogP contribution in [0, 0.1) is 0 Å². The number of hydrogen-bond acceptors (Lipinski definition) is 5. The van der Waals surface area contributed by atoms with Gasteiger partial charge in [0.2, 0.25) is 0 Å². The van der Waals surface area contributed by atoms with E-state index in [1.807, 2.05) is 18.2 Å². The highest BCUT2D eigenvalue weighted by atomic mass is 19.3. The third-order valence-corrected chi connectivity index (χ3v) is 4.93. The molecule has 0 bridgehead atoms. The van der Waals surface area contributed by atoms with E-state index in [4.69, 9.17) is 14.2 Å². The van der Waals surface area contributed by atoms with Crippen molar-refractivity contribution in [1.29, 1.82) is 0 Å². The number of hydrogen-bond donors (Lipinski definition) is 0. The molecule has 0 spiro atoms. The second-order valence-electron chi connectivity index (χ2n) is 6.52. The summed E-state index contributed by atoms with van der Waals surface area (Å²) in [7, 11) is 4.47. The second kappa shape index (κ2) is 8.98. The predicted molar refractivity (Wildman–Crippen MR) is 102 cm³/mol. The molecule has 3 rings (SSSR count). The highest BCUT2D eigenvalue weighted by Gasteiger charge is 2.31. The Bertz CT molecular complexity index is 874. The lowest BCUT2D eigenvalue weighted by atomic mass is 10.0. The van der Waals surface area contributed by atoms with Gasteiger partial charge in [-0.3, -0.25) is 4.79 Å². The zero-order chi connectivity index (χ0) is 21.0. The van der Waals surface area contributed by atoms with Gasteiger partial charge in [0.25, 0.3) is 5.91 Å². The first-order valence-electron chi connectivity index (χ1n) is 9.14. The van der Waals surface area contributed by atoms with Crippen molar-refractivity contribution >= 4 is 5.91 Å². The molecule has 2 aromatic carbocycles. The van der Waals surface area contributed by atoms with E-state index in [1.54, 1.807) is 19.1 Å². The number of benzene rings is 2. The van der Waals surface area contributed by atoms with Gasteiger partial charge in [-0.2, -0.15) is 8.78 Å². The van der Waals surface area contributed by atoms with Gasteiger partial charge in [0.05, 0.1) is 27.4 Å². The van der Waals surface area contributed by atoms with Crippen LogP contribution in [0.5, 0.6) is 23.0 Å². The third kappa shape index (κ3) is 4.36. The smallest absolute Gasteiger partial charge is 0.387 e. The summed E-state index contributed by atoms with van der Waals surface area (Å²) in [4.78, 5) is 14.9. The van der Waals surface area contributed by atoms with Gasteiger partial charge in [-0.25, -0.2) is 0 Å². The largest absolute Gasteiger partial charge is 0.493 e. The number of ether oxygens (including phenoxy) is 4. The Hall–Kier alpha value is -3.03. The van der Waals surface area contributed by atoms with Crippen molar-refractivity contribution in [3.63, 3.8) is 0 Å². The predicted octanol–water partition coefficient (Wildman–Crippen LogP) is 4.29. The van der Waals surface area contributed by atoms with Crippen LogP contribution in [0.4, 0.5) is 8.78 Å². The topological polar surface area (TPSA) is 57.2 Å². The highest BCUT2D eigenvalue weighted by molar-refractivity contribution is 5.95. The molecule has 0 aliphatic carbocycles. The molecule has 156 valence electrons. The van der Waals surface area contributed by atoms with Gasteiger partial charge >= 0.3 is 6.61 Å². The first kappa shape index (κ1) is 20.7. The van der Waals surface area contributed by atoms with Gasteiger partial charge in [0, 0.05) is 12.1 Å². The van der Waals surface area contributed by atoms with Crippen LogP contribution in [-0.4, -0.2) is 45.3 Å². The Morgan fingerprint density at radius 1 is 0.966 bits per heavy atom. The Labute approximate surface area is 167 Å². The molecule has 0 unspecified atom stereocenters. The van der Waals surface area contributed by atoms with E-state index in [0.29, 0.717) is 23.6 Å². The molecule has 0 radical (unpaired) electrons. The molecule has 2 aromatic rings. The van der Waals surface area contributed by atoms with E-state index in [1.165, 1.54) is 25.3 Å². The normalized spacial score (nSPS) is 16.1. The summed E-state index contributed by atoms with van der Waals surface area (Å²) in [6.07, 6.45) is 1.67. The summed E-state index contributed by atoms with van der Waals surface area (Å²) in [5.74, 6) is 0.977. The minimum atomic E-state index is -2.97. The number of likely N-dealkylation sites (tertiary alicyclic amines) is 1. The Kier molecular flexibility index (Phi) is 6.41. The number of alkyl halides is 2. The maximum absolute atomic E-state index is 13.1. The second-order valence-corrected chi connectivity index (χ2v) is 6.52. The van der Waals surface area contributed by atoms with E-state index in [9.17, 15) is 13.6 Å². The van der Waals surface area contributed by atoms with Crippen LogP contribution in [0.2, 0.25) is 0 Å². The van der Waals surface area contributed by atoms with Gasteiger partial charge in [0.15, 0.2) is 23.0 Å². The molecule has 1 saturated heterocycles. The number of carbonyl (C=O) groups is 1. The number of nitrogens with zero attached hydrogens (tertiary/aromatic N) is 1. The van der Waals surface area contributed by atoms with Gasteiger partial charge in [-0.1, -0.05) is 6.07 Å². The van der Waals surface area contributed by atoms with E-state index >= 15 is 0 Å². The molecular formula is C21H23F2NO5. The summed E-state index contributed by atoms with van der Waals surface area (Å²) in [5.41, 5.74) is 1.29. The summed E-state index contributed by atoms with van der Waals surface area (Å²) < 4.78 is 45.2. The monoisotopic (exact) mass is 407 g/mol. The van der Waals surface area contributed by atoms with Crippen LogP contribution < -0.4 is 18.9 Å². The minimum absolute atomic E-state index is 0.0815.